The van der Waals surface area contributed by atoms with E-state index < -0.39 is 0 Å². The molecular weight excluding hydrogens is 146 g/mol. The van der Waals surface area contributed by atoms with Crippen LogP contribution in [-0.4, -0.2) is 0 Å². The van der Waals surface area contributed by atoms with E-state index in [-0.39, 0.29) is 0 Å². The summed E-state index contributed by atoms with van der Waals surface area (Å²) in [5.74, 6) is 0. The molecule has 0 saturated carbocycles. The minimum absolute atomic E-state index is 0.860. The number of allylic oxidation sites excluding steroid dienone is 1. The minimum Gasteiger partial charge on any atom is -0.398 e. The number of hydrogen-bond donors (Lipinski definition) is 1. The van der Waals surface area contributed by atoms with Crippen molar-refractivity contribution in [1.82, 2.24) is 0 Å². The predicted octanol–water partition coefficient (Wildman–Crippen LogP) is 2.61. The normalized spacial score (nSPS) is 9.83. The van der Waals surface area contributed by atoms with Gasteiger partial charge in [0.05, 0.1) is 0 Å². The van der Waals surface area contributed by atoms with E-state index in [0.29, 0.717) is 0 Å². The lowest BCUT2D eigenvalue weighted by Gasteiger charge is -2.09. The topological polar surface area (TPSA) is 26.0 Å². The van der Waals surface area contributed by atoms with E-state index in [0.717, 1.165) is 17.7 Å². The molecule has 0 aliphatic rings. The lowest BCUT2D eigenvalue weighted by atomic mass is 10.0. The summed E-state index contributed by atoms with van der Waals surface area (Å²) in [5.41, 5.74) is 10.4. The van der Waals surface area contributed by atoms with Crippen LogP contribution in [0, 0.1) is 13.8 Å². The molecule has 1 rings (SSSR count). The van der Waals surface area contributed by atoms with Gasteiger partial charge in [0.15, 0.2) is 0 Å². The van der Waals surface area contributed by atoms with Gasteiger partial charge >= 0.3 is 0 Å². The molecule has 0 aromatic heterocycles. The summed E-state index contributed by atoms with van der Waals surface area (Å²) >= 11 is 0. The zero-order chi connectivity index (χ0) is 9.14. The molecule has 0 heterocycles. The third-order valence-electron chi connectivity index (χ3n) is 2.16. The summed E-state index contributed by atoms with van der Waals surface area (Å²) in [4.78, 5) is 0. The Morgan fingerprint density at radius 3 is 2.50 bits per heavy atom. The van der Waals surface area contributed by atoms with Crippen molar-refractivity contribution in [3.8, 4) is 0 Å². The predicted molar refractivity (Wildman–Crippen MR) is 54.2 cm³/mol. The van der Waals surface area contributed by atoms with Gasteiger partial charge in [-0.25, -0.2) is 0 Å². The number of nitrogens with two attached hydrogens (primary N) is 1. The molecule has 1 aromatic carbocycles. The Bertz CT molecular complexity index is 300. The summed E-state index contributed by atoms with van der Waals surface area (Å²) in [6.07, 6.45) is 2.75. The zero-order valence-electron chi connectivity index (χ0n) is 7.72. The van der Waals surface area contributed by atoms with Gasteiger partial charge in [-0.3, -0.25) is 0 Å². The number of anilines is 1. The maximum atomic E-state index is 5.92. The summed E-state index contributed by atoms with van der Waals surface area (Å²) in [7, 11) is 0. The van der Waals surface area contributed by atoms with Crippen molar-refractivity contribution >= 4 is 5.69 Å². The Kier molecular flexibility index (Phi) is 2.54. The van der Waals surface area contributed by atoms with E-state index >= 15 is 0 Å². The lowest BCUT2D eigenvalue weighted by molar-refractivity contribution is 1.21. The Morgan fingerprint density at radius 1 is 1.33 bits per heavy atom. The van der Waals surface area contributed by atoms with E-state index in [1.165, 1.54) is 11.1 Å². The van der Waals surface area contributed by atoms with Gasteiger partial charge in [0.1, 0.15) is 0 Å². The fraction of sp³-hybridized carbons (Fsp3) is 0.273. The Balaban J connectivity index is 3.22. The molecule has 1 nitrogen and oxygen atoms in total. The fourth-order valence-electron chi connectivity index (χ4n) is 1.31. The first-order valence-electron chi connectivity index (χ1n) is 4.12. The molecule has 0 atom stereocenters. The van der Waals surface area contributed by atoms with Crippen LogP contribution in [-0.2, 0) is 6.42 Å². The van der Waals surface area contributed by atoms with Gasteiger partial charge in [-0.1, -0.05) is 18.2 Å². The van der Waals surface area contributed by atoms with Crippen LogP contribution in [0.5, 0.6) is 0 Å². The SMILES string of the molecule is C=CCc1c(C)ccc(C)c1N. The van der Waals surface area contributed by atoms with Crippen LogP contribution in [0.25, 0.3) is 0 Å². The Hall–Kier alpha value is -1.24. The number of benzene rings is 1. The molecule has 1 heteroatoms. The number of hydrogen-bond acceptors (Lipinski definition) is 1. The van der Waals surface area contributed by atoms with Crippen molar-refractivity contribution in [2.45, 2.75) is 20.3 Å². The average Bonchev–Trinajstić information content (AvgIpc) is 2.06. The second-order valence-corrected chi connectivity index (χ2v) is 3.08. The highest BCUT2D eigenvalue weighted by molar-refractivity contribution is 5.56. The smallest absolute Gasteiger partial charge is 0.0382 e. The number of nitrogen functional groups attached to an aromatic ring is 1. The number of rotatable bonds is 2. The molecule has 0 spiro atoms. The van der Waals surface area contributed by atoms with Crippen molar-refractivity contribution in [2.75, 3.05) is 5.73 Å². The van der Waals surface area contributed by atoms with Gasteiger partial charge in [0.25, 0.3) is 0 Å². The van der Waals surface area contributed by atoms with Crippen molar-refractivity contribution in [2.24, 2.45) is 0 Å². The molecule has 0 radical (unpaired) electrons. The first-order valence-corrected chi connectivity index (χ1v) is 4.12. The highest BCUT2D eigenvalue weighted by Gasteiger charge is 2.02. The average molecular weight is 161 g/mol. The van der Waals surface area contributed by atoms with E-state index in [1.54, 1.807) is 0 Å². The van der Waals surface area contributed by atoms with E-state index in [2.05, 4.69) is 25.6 Å². The van der Waals surface area contributed by atoms with Crippen LogP contribution >= 0.6 is 0 Å². The molecule has 0 fully saturated rings. The molecule has 1 aromatic rings. The van der Waals surface area contributed by atoms with E-state index in [4.69, 9.17) is 5.73 Å². The molecule has 12 heavy (non-hydrogen) atoms. The molecule has 0 aliphatic carbocycles. The Labute approximate surface area is 73.9 Å². The third-order valence-corrected chi connectivity index (χ3v) is 2.16. The van der Waals surface area contributed by atoms with Gasteiger partial charge in [0, 0.05) is 5.69 Å². The van der Waals surface area contributed by atoms with Crippen LogP contribution in [0.3, 0.4) is 0 Å². The molecule has 2 N–H and O–H groups in total. The third kappa shape index (κ3) is 1.50. The zero-order valence-corrected chi connectivity index (χ0v) is 7.72. The largest absolute Gasteiger partial charge is 0.398 e. The minimum atomic E-state index is 0.860. The molecule has 0 aliphatic heterocycles. The standard InChI is InChI=1S/C11H15N/c1-4-5-10-8(2)6-7-9(3)11(10)12/h4,6-7H,1,5,12H2,2-3H3. The van der Waals surface area contributed by atoms with Crippen LogP contribution in [0.1, 0.15) is 16.7 Å². The van der Waals surface area contributed by atoms with Crippen molar-refractivity contribution in [1.29, 1.82) is 0 Å². The molecule has 0 amide bonds. The molecule has 64 valence electrons. The van der Waals surface area contributed by atoms with E-state index in [1.807, 2.05) is 13.0 Å². The van der Waals surface area contributed by atoms with Crippen LogP contribution in [0.2, 0.25) is 0 Å². The van der Waals surface area contributed by atoms with Crippen molar-refractivity contribution in [3.05, 3.63) is 41.5 Å². The van der Waals surface area contributed by atoms with Crippen LogP contribution in [0.15, 0.2) is 24.8 Å². The first-order chi connectivity index (χ1) is 5.66. The van der Waals surface area contributed by atoms with Gasteiger partial charge < -0.3 is 5.73 Å². The van der Waals surface area contributed by atoms with Crippen LogP contribution < -0.4 is 5.73 Å². The van der Waals surface area contributed by atoms with Crippen molar-refractivity contribution < 1.29 is 0 Å². The summed E-state index contributed by atoms with van der Waals surface area (Å²) in [6, 6.07) is 4.15. The monoisotopic (exact) mass is 161 g/mol. The van der Waals surface area contributed by atoms with Gasteiger partial charge in [-0.15, -0.1) is 6.58 Å². The fourth-order valence-corrected chi connectivity index (χ4v) is 1.31. The highest BCUT2D eigenvalue weighted by atomic mass is 14.6. The van der Waals surface area contributed by atoms with Crippen LogP contribution in [0.4, 0.5) is 5.69 Å². The molecular formula is C11H15N. The maximum absolute atomic E-state index is 5.92. The Morgan fingerprint density at radius 2 is 1.92 bits per heavy atom. The summed E-state index contributed by atoms with van der Waals surface area (Å²) in [5, 5.41) is 0. The summed E-state index contributed by atoms with van der Waals surface area (Å²) in [6.45, 7) is 7.82. The quantitative estimate of drug-likeness (QED) is 0.523. The van der Waals surface area contributed by atoms with Gasteiger partial charge in [-0.05, 0) is 37.0 Å². The first kappa shape index (κ1) is 8.85. The second-order valence-electron chi connectivity index (χ2n) is 3.08. The lowest BCUT2D eigenvalue weighted by Crippen LogP contribution is -1.98. The number of aryl methyl sites for hydroxylation is 2. The summed E-state index contributed by atoms with van der Waals surface area (Å²) < 4.78 is 0. The molecule has 0 unspecified atom stereocenters. The van der Waals surface area contributed by atoms with Gasteiger partial charge in [0.2, 0.25) is 0 Å². The molecule has 0 bridgehead atoms. The van der Waals surface area contributed by atoms with Gasteiger partial charge in [-0.2, -0.15) is 0 Å². The highest BCUT2D eigenvalue weighted by Crippen LogP contribution is 2.21. The second kappa shape index (κ2) is 3.44. The molecule has 0 saturated heterocycles. The van der Waals surface area contributed by atoms with Crippen molar-refractivity contribution in [3.63, 3.8) is 0 Å². The maximum Gasteiger partial charge on any atom is 0.0382 e. The van der Waals surface area contributed by atoms with E-state index in [9.17, 15) is 0 Å².